The van der Waals surface area contributed by atoms with Gasteiger partial charge in [-0.3, -0.25) is 9.89 Å². The van der Waals surface area contributed by atoms with Gasteiger partial charge in [-0.05, 0) is 31.0 Å². The van der Waals surface area contributed by atoms with E-state index in [0.717, 1.165) is 25.9 Å². The smallest absolute Gasteiger partial charge is 0.240 e. The fraction of sp³-hybridized carbons (Fsp3) is 0.438. The molecular formula is C16H19Cl2N5O. The van der Waals surface area contributed by atoms with Crippen LogP contribution in [0.2, 0.25) is 10.0 Å². The van der Waals surface area contributed by atoms with E-state index >= 15 is 0 Å². The number of hydrogen-bond acceptors (Lipinski definition) is 4. The Morgan fingerprint density at radius 2 is 2.04 bits per heavy atom. The van der Waals surface area contributed by atoms with Crippen molar-refractivity contribution in [1.82, 2.24) is 20.1 Å². The highest BCUT2D eigenvalue weighted by molar-refractivity contribution is 6.36. The molecule has 1 aromatic heterocycles. The molecule has 8 heteroatoms. The SMILES string of the molecule is C[C@H](c1nc(-c2ccc(Cl)cc2Cl)n[nH]1)[C@H](N)C(=O)N1CCCC1. The number of H-pyrrole nitrogens is 1. The summed E-state index contributed by atoms with van der Waals surface area (Å²) >= 11 is 12.1. The molecule has 0 bridgehead atoms. The molecular weight excluding hydrogens is 349 g/mol. The van der Waals surface area contributed by atoms with Gasteiger partial charge in [0.05, 0.1) is 11.1 Å². The van der Waals surface area contributed by atoms with Crippen LogP contribution < -0.4 is 5.73 Å². The largest absolute Gasteiger partial charge is 0.341 e. The highest BCUT2D eigenvalue weighted by Gasteiger charge is 2.30. The minimum atomic E-state index is -0.649. The van der Waals surface area contributed by atoms with Gasteiger partial charge < -0.3 is 10.6 Å². The normalized spacial score (nSPS) is 17.1. The number of hydrogen-bond donors (Lipinski definition) is 2. The highest BCUT2D eigenvalue weighted by atomic mass is 35.5. The van der Waals surface area contributed by atoms with Gasteiger partial charge in [0, 0.05) is 29.6 Å². The van der Waals surface area contributed by atoms with Gasteiger partial charge in [-0.25, -0.2) is 4.98 Å². The Morgan fingerprint density at radius 1 is 1.33 bits per heavy atom. The van der Waals surface area contributed by atoms with Gasteiger partial charge in [0.15, 0.2) is 5.82 Å². The highest BCUT2D eigenvalue weighted by Crippen LogP contribution is 2.29. The maximum atomic E-state index is 12.4. The molecule has 1 aromatic carbocycles. The lowest BCUT2D eigenvalue weighted by Gasteiger charge is -2.23. The second-order valence-corrected chi connectivity index (χ2v) is 6.86. The van der Waals surface area contributed by atoms with Gasteiger partial charge in [-0.1, -0.05) is 30.1 Å². The van der Waals surface area contributed by atoms with Crippen molar-refractivity contribution in [3.8, 4) is 11.4 Å². The summed E-state index contributed by atoms with van der Waals surface area (Å²) in [6.45, 7) is 3.43. The summed E-state index contributed by atoms with van der Waals surface area (Å²) in [7, 11) is 0. The molecule has 1 aliphatic rings. The number of halogens is 2. The number of amides is 1. The fourth-order valence-corrected chi connectivity index (χ4v) is 3.29. The van der Waals surface area contributed by atoms with Crippen molar-refractivity contribution in [2.24, 2.45) is 5.73 Å². The average Bonchev–Trinajstić information content (AvgIpc) is 3.24. The summed E-state index contributed by atoms with van der Waals surface area (Å²) in [5, 5.41) is 8.08. The van der Waals surface area contributed by atoms with Gasteiger partial charge in [-0.15, -0.1) is 0 Å². The number of aromatic amines is 1. The molecule has 0 unspecified atom stereocenters. The van der Waals surface area contributed by atoms with Crippen LogP contribution in [-0.2, 0) is 4.79 Å². The van der Waals surface area contributed by atoms with E-state index in [2.05, 4.69) is 15.2 Å². The number of carbonyl (C=O) groups excluding carboxylic acids is 1. The van der Waals surface area contributed by atoms with Gasteiger partial charge >= 0.3 is 0 Å². The molecule has 3 N–H and O–H groups in total. The van der Waals surface area contributed by atoms with E-state index in [9.17, 15) is 4.79 Å². The second-order valence-electron chi connectivity index (χ2n) is 6.02. The maximum Gasteiger partial charge on any atom is 0.240 e. The van der Waals surface area contributed by atoms with E-state index in [1.165, 1.54) is 0 Å². The van der Waals surface area contributed by atoms with Crippen LogP contribution in [0.1, 0.15) is 31.5 Å². The summed E-state index contributed by atoms with van der Waals surface area (Å²) in [5.41, 5.74) is 6.82. The monoisotopic (exact) mass is 367 g/mol. The average molecular weight is 368 g/mol. The fourth-order valence-electron chi connectivity index (χ4n) is 2.80. The third-order valence-electron chi connectivity index (χ3n) is 4.35. The third-order valence-corrected chi connectivity index (χ3v) is 4.90. The van der Waals surface area contributed by atoms with Crippen molar-refractivity contribution < 1.29 is 4.79 Å². The van der Waals surface area contributed by atoms with Crippen molar-refractivity contribution in [2.75, 3.05) is 13.1 Å². The molecule has 0 radical (unpaired) electrons. The van der Waals surface area contributed by atoms with Gasteiger partial charge in [-0.2, -0.15) is 5.10 Å². The zero-order chi connectivity index (χ0) is 17.3. The molecule has 1 saturated heterocycles. The van der Waals surface area contributed by atoms with E-state index in [1.54, 1.807) is 18.2 Å². The first kappa shape index (κ1) is 17.2. The maximum absolute atomic E-state index is 12.4. The first-order valence-electron chi connectivity index (χ1n) is 7.89. The number of nitrogens with one attached hydrogen (secondary N) is 1. The van der Waals surface area contributed by atoms with Gasteiger partial charge in [0.2, 0.25) is 5.91 Å². The van der Waals surface area contributed by atoms with Crippen LogP contribution in [0.5, 0.6) is 0 Å². The van der Waals surface area contributed by atoms with Crippen molar-refractivity contribution in [2.45, 2.75) is 31.7 Å². The lowest BCUT2D eigenvalue weighted by atomic mass is 10.0. The molecule has 128 valence electrons. The molecule has 0 saturated carbocycles. The molecule has 6 nitrogen and oxygen atoms in total. The Hall–Kier alpha value is -1.63. The molecule has 1 amide bonds. The number of benzene rings is 1. The number of nitrogens with two attached hydrogens (primary N) is 1. The van der Waals surface area contributed by atoms with Crippen LogP contribution in [0.3, 0.4) is 0 Å². The first-order valence-corrected chi connectivity index (χ1v) is 8.65. The minimum absolute atomic E-state index is 0.0394. The van der Waals surface area contributed by atoms with E-state index in [4.69, 9.17) is 28.9 Å². The van der Waals surface area contributed by atoms with Gasteiger partial charge in [0.1, 0.15) is 5.82 Å². The van der Waals surface area contributed by atoms with Crippen molar-refractivity contribution in [3.63, 3.8) is 0 Å². The van der Waals surface area contributed by atoms with Crippen LogP contribution in [-0.4, -0.2) is 45.1 Å². The Balaban J connectivity index is 1.77. The molecule has 2 heterocycles. The minimum Gasteiger partial charge on any atom is -0.341 e. The van der Waals surface area contributed by atoms with Gasteiger partial charge in [0.25, 0.3) is 0 Å². The zero-order valence-electron chi connectivity index (χ0n) is 13.3. The topological polar surface area (TPSA) is 87.9 Å². The molecule has 24 heavy (non-hydrogen) atoms. The van der Waals surface area contributed by atoms with E-state index in [-0.39, 0.29) is 11.8 Å². The number of rotatable bonds is 4. The molecule has 2 atom stereocenters. The number of carbonyl (C=O) groups is 1. The summed E-state index contributed by atoms with van der Waals surface area (Å²) < 4.78 is 0. The van der Waals surface area contributed by atoms with Crippen LogP contribution >= 0.6 is 23.2 Å². The lowest BCUT2D eigenvalue weighted by Crippen LogP contribution is -2.45. The van der Waals surface area contributed by atoms with Crippen LogP contribution in [0.4, 0.5) is 0 Å². The standard InChI is InChI=1S/C16H19Cl2N5O/c1-9(13(19)16(24)23-6-2-3-7-23)14-20-15(22-21-14)11-5-4-10(17)8-12(11)18/h4-5,8-9,13H,2-3,6-7,19H2,1H3,(H,20,21,22)/t9-,13-/m0/s1. The van der Waals surface area contributed by atoms with E-state index < -0.39 is 6.04 Å². The molecule has 3 rings (SSSR count). The van der Waals surface area contributed by atoms with Crippen molar-refractivity contribution >= 4 is 29.1 Å². The predicted molar refractivity (Wildman–Crippen MR) is 94.0 cm³/mol. The summed E-state index contributed by atoms with van der Waals surface area (Å²) in [6.07, 6.45) is 2.07. The van der Waals surface area contributed by atoms with Crippen molar-refractivity contribution in [3.05, 3.63) is 34.1 Å². The van der Waals surface area contributed by atoms with Crippen LogP contribution in [0.25, 0.3) is 11.4 Å². The number of aromatic nitrogens is 3. The van der Waals surface area contributed by atoms with Crippen LogP contribution in [0, 0.1) is 0 Å². The molecule has 1 fully saturated rings. The zero-order valence-corrected chi connectivity index (χ0v) is 14.8. The molecule has 1 aliphatic heterocycles. The first-order chi connectivity index (χ1) is 11.5. The Kier molecular flexibility index (Phi) is 5.08. The number of nitrogens with zero attached hydrogens (tertiary/aromatic N) is 3. The Bertz CT molecular complexity index is 742. The van der Waals surface area contributed by atoms with Crippen molar-refractivity contribution in [1.29, 1.82) is 0 Å². The summed E-state index contributed by atoms with van der Waals surface area (Å²) in [6, 6.07) is 4.48. The summed E-state index contributed by atoms with van der Waals surface area (Å²) in [5.74, 6) is 0.711. The van der Waals surface area contributed by atoms with E-state index in [0.29, 0.717) is 27.3 Å². The second kappa shape index (κ2) is 7.09. The Morgan fingerprint density at radius 3 is 2.71 bits per heavy atom. The third kappa shape index (κ3) is 3.41. The molecule has 0 spiro atoms. The van der Waals surface area contributed by atoms with Crippen LogP contribution in [0.15, 0.2) is 18.2 Å². The van der Waals surface area contributed by atoms with E-state index in [1.807, 2.05) is 11.8 Å². The Labute approximate surface area is 150 Å². The molecule has 0 aliphatic carbocycles. The molecule has 2 aromatic rings. The lowest BCUT2D eigenvalue weighted by molar-refractivity contribution is -0.132. The predicted octanol–water partition coefficient (Wildman–Crippen LogP) is 2.83. The quantitative estimate of drug-likeness (QED) is 0.869. The number of likely N-dealkylation sites (tertiary alicyclic amines) is 1. The summed E-state index contributed by atoms with van der Waals surface area (Å²) in [4.78, 5) is 18.7.